The average Bonchev–Trinajstić information content (AvgIpc) is 3.36. The molecule has 24 heteroatoms. The quantitative estimate of drug-likeness (QED) is 0.0240. The van der Waals surface area contributed by atoms with Gasteiger partial charge in [0, 0.05) is 103 Å². The Hall–Kier alpha value is -7.15. The minimum absolute atomic E-state index is 0. The zero-order valence-corrected chi connectivity index (χ0v) is 44.6. The van der Waals surface area contributed by atoms with Gasteiger partial charge in [-0.15, -0.1) is 0 Å². The molecule has 76 heavy (non-hydrogen) atoms. The maximum Gasteiger partial charge on any atom is 0.326 e. The van der Waals surface area contributed by atoms with E-state index in [0.717, 1.165) is 11.1 Å². The third-order valence-electron chi connectivity index (χ3n) is 11.8. The van der Waals surface area contributed by atoms with Gasteiger partial charge in [-0.2, -0.15) is 0 Å². The fourth-order valence-electron chi connectivity index (χ4n) is 7.85. The molecule has 0 radical (unpaired) electrons. The zero-order valence-electron chi connectivity index (χ0n) is 44.6. The van der Waals surface area contributed by atoms with Gasteiger partial charge in [-0.25, -0.2) is 9.59 Å². The van der Waals surface area contributed by atoms with E-state index in [1.165, 1.54) is 24.3 Å². The van der Waals surface area contributed by atoms with Crippen molar-refractivity contribution in [2.45, 2.75) is 91.5 Å². The minimum Gasteiger partial charge on any atom is -0.480 e. The highest BCUT2D eigenvalue weighted by Gasteiger charge is 2.24. The number of hydrogen-bond donors (Lipinski definition) is 8. The number of amides is 5. The largest absolute Gasteiger partial charge is 0.480 e. The number of urea groups is 1. The Morgan fingerprint density at radius 3 is 1.64 bits per heavy atom. The smallest absolute Gasteiger partial charge is 0.326 e. The van der Waals surface area contributed by atoms with Crippen molar-refractivity contribution in [3.63, 3.8) is 0 Å². The number of carbonyl (C=O) groups excluding carboxylic acids is 6. The van der Waals surface area contributed by atoms with E-state index in [9.17, 15) is 68.4 Å². The molecule has 5 amide bonds. The van der Waals surface area contributed by atoms with E-state index in [-0.39, 0.29) is 148 Å². The molecule has 3 rings (SSSR count). The minimum atomic E-state index is -1.20. The Morgan fingerprint density at radius 2 is 1.17 bits per heavy atom. The molecule has 422 valence electrons. The molecule has 24 nitrogen and oxygen atoms in total. The van der Waals surface area contributed by atoms with Crippen LogP contribution in [0.2, 0.25) is 0 Å². The molecule has 2 aromatic rings. The third kappa shape index (κ3) is 27.9. The number of hydrogen-bond acceptors (Lipinski definition) is 15. The van der Waals surface area contributed by atoms with Crippen LogP contribution in [0.15, 0.2) is 48.5 Å². The van der Waals surface area contributed by atoms with Crippen molar-refractivity contribution in [2.75, 3.05) is 98.2 Å². The van der Waals surface area contributed by atoms with E-state index in [4.69, 9.17) is 4.74 Å². The first-order chi connectivity index (χ1) is 35.8. The van der Waals surface area contributed by atoms with Crippen molar-refractivity contribution >= 4 is 59.9 Å². The van der Waals surface area contributed by atoms with E-state index in [2.05, 4.69) is 21.3 Å². The van der Waals surface area contributed by atoms with Crippen LogP contribution >= 0.6 is 0 Å². The number of unbranched alkanes of at least 4 members (excludes halogenated alkanes) is 1. The standard InChI is InChI=1S/C49H71N9O15.C2H6.CH3/c1-3-8-40(48(70)71)52-49(72)53-41(73-34-59)12-4-5-18-58(29-36-15-13-35(2)14-16-36)42(61)28-51-47(69)38-10-6-9-37(27-38)46(68)50-17-7-11-39(60)30-54-19-21-55(31-43(62)63)23-25-57(33-45(66)67)26-24-56(22-20-54)32-44(64)65;1-2;/h6,9-10,13-16,27,34,40-41H,3-5,7-8,11-12,17-26,28-33H2,1-2H3,(H,50,68)(H,51,69)(H,62,63)(H,64,65)(H,66,67)(H,70,71)(H2,52,53,72);1-2H3;1H3/q;;+1/t40-,41+;;/m0../s1. The van der Waals surface area contributed by atoms with Crippen LogP contribution in [0.5, 0.6) is 0 Å². The summed E-state index contributed by atoms with van der Waals surface area (Å²) < 4.78 is 5.00. The van der Waals surface area contributed by atoms with Crippen molar-refractivity contribution in [1.29, 1.82) is 0 Å². The average molecular weight is 1070 g/mol. The van der Waals surface area contributed by atoms with E-state index >= 15 is 0 Å². The summed E-state index contributed by atoms with van der Waals surface area (Å²) in [6.45, 7) is 9.33. The Morgan fingerprint density at radius 1 is 0.671 bits per heavy atom. The first kappa shape index (κ1) is 66.9. The first-order valence-electron chi connectivity index (χ1n) is 25.3. The fraction of sp³-hybridized carbons (Fsp3) is 0.558. The number of carbonyl (C=O) groups is 10. The number of rotatable bonds is 30. The van der Waals surface area contributed by atoms with Crippen LogP contribution in [0.3, 0.4) is 0 Å². The lowest BCUT2D eigenvalue weighted by Crippen LogP contribution is -2.49. The van der Waals surface area contributed by atoms with Crippen LogP contribution in [0.4, 0.5) is 4.79 Å². The maximum absolute atomic E-state index is 13.6. The van der Waals surface area contributed by atoms with Crippen LogP contribution in [0.1, 0.15) is 97.6 Å². The van der Waals surface area contributed by atoms with Gasteiger partial charge in [0.15, 0.2) is 6.23 Å². The Bertz CT molecular complexity index is 2130. The molecule has 0 spiro atoms. The molecule has 1 saturated heterocycles. The number of carboxylic acids is 4. The number of ether oxygens (including phenoxy) is 1. The highest BCUT2D eigenvalue weighted by Crippen LogP contribution is 2.12. The van der Waals surface area contributed by atoms with Crippen LogP contribution in [0.25, 0.3) is 0 Å². The van der Waals surface area contributed by atoms with Crippen LogP contribution in [-0.2, 0) is 44.8 Å². The normalized spacial score (nSPS) is 14.5. The van der Waals surface area contributed by atoms with Crippen LogP contribution in [-0.4, -0.2) is 215 Å². The molecular weight excluding hydrogens is 991 g/mol. The van der Waals surface area contributed by atoms with E-state index in [1.807, 2.05) is 49.9 Å². The maximum atomic E-state index is 13.6. The molecule has 2 aromatic carbocycles. The summed E-state index contributed by atoms with van der Waals surface area (Å²) in [5.41, 5.74) is 2.15. The molecule has 1 aliphatic rings. The molecule has 1 aliphatic heterocycles. The molecular formula is C52H80N9O15+. The molecule has 1 heterocycles. The van der Waals surface area contributed by atoms with Gasteiger partial charge >= 0.3 is 29.9 Å². The van der Waals surface area contributed by atoms with Gasteiger partial charge in [0.25, 0.3) is 18.3 Å². The monoisotopic (exact) mass is 1070 g/mol. The number of nitrogens with zero attached hydrogens (tertiary/aromatic N) is 5. The summed E-state index contributed by atoms with van der Waals surface area (Å²) in [6.07, 6.45) is 1.01. The van der Waals surface area contributed by atoms with Crippen molar-refractivity contribution < 1.29 is 73.1 Å². The number of ketones is 1. The molecule has 0 bridgehead atoms. The fourth-order valence-corrected chi connectivity index (χ4v) is 7.85. The highest BCUT2D eigenvalue weighted by atomic mass is 16.5. The SMILES string of the molecule is CC.CCC[C@H](NC(=O)N[C@@H](CCCCN(Cc1ccc(C)cc1)C(=O)CNC(=O)c1cccc(C(=O)NCCCC(=O)CN2CCN(CC(=O)O)CCN(CC(=O)O)CCN(CC(=O)O)CC2)c1)OC=O)C(=O)O.[CH3+]. The lowest BCUT2D eigenvalue weighted by atomic mass is 10.1. The molecule has 0 saturated carbocycles. The molecule has 0 unspecified atom stereocenters. The van der Waals surface area contributed by atoms with Gasteiger partial charge in [-0.3, -0.25) is 58.0 Å². The van der Waals surface area contributed by atoms with Gasteiger partial charge < -0.3 is 51.3 Å². The first-order valence-corrected chi connectivity index (χ1v) is 25.3. The Labute approximate surface area is 445 Å². The number of Topliss-reactive ketones (excluding diaryl/α,β-unsaturated/α-hetero) is 1. The summed E-state index contributed by atoms with van der Waals surface area (Å²) in [7, 11) is 0. The van der Waals surface area contributed by atoms with E-state index in [0.29, 0.717) is 32.4 Å². The summed E-state index contributed by atoms with van der Waals surface area (Å²) in [5, 5.41) is 47.9. The predicted molar refractivity (Wildman–Crippen MR) is 281 cm³/mol. The van der Waals surface area contributed by atoms with E-state index < -0.39 is 59.9 Å². The van der Waals surface area contributed by atoms with Gasteiger partial charge in [-0.1, -0.05) is 63.1 Å². The third-order valence-corrected chi connectivity index (χ3v) is 11.8. The van der Waals surface area contributed by atoms with Gasteiger partial charge in [0.1, 0.15) is 11.8 Å². The highest BCUT2D eigenvalue weighted by molar-refractivity contribution is 6.00. The van der Waals surface area contributed by atoms with Crippen LogP contribution in [0, 0.1) is 14.4 Å². The van der Waals surface area contributed by atoms with Crippen molar-refractivity contribution in [1.82, 2.24) is 45.8 Å². The predicted octanol–water partition coefficient (Wildman–Crippen LogP) is 2.01. The molecule has 1 fully saturated rings. The molecule has 2 atom stereocenters. The Balaban J connectivity index is 0.00000951. The molecule has 0 aliphatic carbocycles. The Kier molecular flexibility index (Phi) is 33.0. The van der Waals surface area contributed by atoms with Gasteiger partial charge in [0.2, 0.25) is 5.91 Å². The second-order valence-corrected chi connectivity index (χ2v) is 17.8. The lowest BCUT2D eigenvalue weighted by molar-refractivity contribution is -0.140. The summed E-state index contributed by atoms with van der Waals surface area (Å²) in [6, 6.07) is 11.5. The number of benzene rings is 2. The van der Waals surface area contributed by atoms with Crippen molar-refractivity contribution in [3.05, 3.63) is 78.2 Å². The summed E-state index contributed by atoms with van der Waals surface area (Å²) in [4.78, 5) is 131. The van der Waals surface area contributed by atoms with Gasteiger partial charge in [0.05, 0.1) is 32.7 Å². The topological polar surface area (TPSA) is 325 Å². The molecule has 8 N–H and O–H groups in total. The second-order valence-electron chi connectivity index (χ2n) is 17.8. The molecule has 0 aromatic heterocycles. The zero-order chi connectivity index (χ0) is 55.7. The van der Waals surface area contributed by atoms with Crippen molar-refractivity contribution in [3.8, 4) is 0 Å². The summed E-state index contributed by atoms with van der Waals surface area (Å²) >= 11 is 0. The lowest BCUT2D eigenvalue weighted by Gasteiger charge is -2.32. The second kappa shape index (κ2) is 37.6. The number of aliphatic carboxylic acids is 4. The van der Waals surface area contributed by atoms with E-state index in [1.54, 1.807) is 26.5 Å². The number of nitrogens with one attached hydrogen (secondary N) is 4. The number of carboxylic acid groups (broad SMARTS) is 4. The van der Waals surface area contributed by atoms with Gasteiger partial charge in [-0.05, 0) is 56.4 Å². The summed E-state index contributed by atoms with van der Waals surface area (Å²) in [5.74, 6) is -6.03. The van der Waals surface area contributed by atoms with Crippen LogP contribution < -0.4 is 21.3 Å². The van der Waals surface area contributed by atoms with Crippen molar-refractivity contribution in [2.24, 2.45) is 0 Å². The number of aryl methyl sites for hydroxylation is 1.